The maximum Gasteiger partial charge on any atom is 0.417 e. The number of nitrogens with zero attached hydrogens (tertiary/aromatic N) is 1. The molecule has 0 bridgehead atoms. The number of rotatable bonds is 3. The van der Waals surface area contributed by atoms with E-state index in [9.17, 15) is 14.4 Å². The molecule has 1 aliphatic heterocycles. The molecule has 0 radical (unpaired) electrons. The van der Waals surface area contributed by atoms with E-state index in [0.717, 1.165) is 5.56 Å². The van der Waals surface area contributed by atoms with E-state index in [1.165, 1.54) is 4.90 Å². The van der Waals surface area contributed by atoms with Crippen LogP contribution >= 0.6 is 0 Å². The maximum absolute atomic E-state index is 12.5. The van der Waals surface area contributed by atoms with Gasteiger partial charge in [0.15, 0.2) is 0 Å². The van der Waals surface area contributed by atoms with Crippen molar-refractivity contribution < 1.29 is 23.9 Å². The number of hydrogen-bond acceptors (Lipinski definition) is 5. The van der Waals surface area contributed by atoms with Crippen LogP contribution in [0.25, 0.3) is 0 Å². The molecule has 1 saturated carbocycles. The summed E-state index contributed by atoms with van der Waals surface area (Å²) >= 11 is 0. The number of likely N-dealkylation sites (tertiary alicyclic amines) is 1. The Kier molecular flexibility index (Phi) is 5.03. The first-order chi connectivity index (χ1) is 12.3. The number of esters is 1. The second kappa shape index (κ2) is 7.09. The summed E-state index contributed by atoms with van der Waals surface area (Å²) in [5, 5.41) is 0. The molecule has 2 amide bonds. The van der Waals surface area contributed by atoms with Crippen molar-refractivity contribution in [3.05, 3.63) is 35.9 Å². The molecule has 0 spiro atoms. The van der Waals surface area contributed by atoms with Gasteiger partial charge in [-0.3, -0.25) is 9.59 Å². The van der Waals surface area contributed by atoms with Crippen molar-refractivity contribution in [1.29, 1.82) is 0 Å². The average molecular weight is 359 g/mol. The predicted molar refractivity (Wildman–Crippen MR) is 93.9 cm³/mol. The predicted octanol–water partition coefficient (Wildman–Crippen LogP) is 3.29. The molecular formula is C20H25NO5. The highest BCUT2D eigenvalue weighted by Crippen LogP contribution is 2.43. The molecular weight excluding hydrogens is 334 g/mol. The molecule has 0 aromatic heterocycles. The number of carbonyl (C=O) groups excluding carboxylic acids is 3. The largest absolute Gasteiger partial charge is 0.461 e. The summed E-state index contributed by atoms with van der Waals surface area (Å²) in [6.07, 6.45) is 0.805. The Morgan fingerprint density at radius 3 is 2.50 bits per heavy atom. The molecule has 1 saturated heterocycles. The molecule has 26 heavy (non-hydrogen) atoms. The van der Waals surface area contributed by atoms with Gasteiger partial charge in [0.25, 0.3) is 0 Å². The topological polar surface area (TPSA) is 72.9 Å². The van der Waals surface area contributed by atoms with E-state index in [0.29, 0.717) is 12.8 Å². The molecule has 1 aromatic rings. The molecule has 6 heteroatoms. The van der Waals surface area contributed by atoms with Gasteiger partial charge in [0.05, 0.1) is 5.92 Å². The number of fused-ring (bicyclic) bond motifs is 1. The third-order valence-corrected chi connectivity index (χ3v) is 4.91. The van der Waals surface area contributed by atoms with Crippen molar-refractivity contribution in [3.63, 3.8) is 0 Å². The molecule has 0 N–H and O–H groups in total. The van der Waals surface area contributed by atoms with Crippen LogP contribution in [0.15, 0.2) is 30.3 Å². The normalized spacial score (nSPS) is 25.1. The fourth-order valence-electron chi connectivity index (χ4n) is 3.81. The van der Waals surface area contributed by atoms with Gasteiger partial charge in [0.2, 0.25) is 5.91 Å². The van der Waals surface area contributed by atoms with E-state index in [1.807, 2.05) is 30.3 Å². The van der Waals surface area contributed by atoms with Crippen molar-refractivity contribution in [3.8, 4) is 0 Å². The Hall–Kier alpha value is -2.37. The highest BCUT2D eigenvalue weighted by molar-refractivity contribution is 5.95. The zero-order valence-corrected chi connectivity index (χ0v) is 15.4. The fraction of sp³-hybridized carbons (Fsp3) is 0.550. The van der Waals surface area contributed by atoms with Crippen LogP contribution in [0.5, 0.6) is 0 Å². The number of benzene rings is 1. The Morgan fingerprint density at radius 1 is 1.15 bits per heavy atom. The zero-order valence-electron chi connectivity index (χ0n) is 15.4. The standard InChI is InChI=1S/C20H25NO5/c1-20(2,3)26-19(24)21-16-10-9-14(15(16)11-17(21)22)18(23)25-12-13-7-5-4-6-8-13/h4-8,14-16H,9-12H2,1-3H3/t14?,15-,16-/m0/s1. The van der Waals surface area contributed by atoms with Crippen molar-refractivity contribution >= 4 is 18.0 Å². The molecule has 1 aromatic carbocycles. The maximum atomic E-state index is 12.5. The lowest BCUT2D eigenvalue weighted by atomic mass is 9.93. The van der Waals surface area contributed by atoms with E-state index >= 15 is 0 Å². The number of ether oxygens (including phenoxy) is 2. The number of imide groups is 1. The first kappa shape index (κ1) is 18.4. The minimum absolute atomic E-state index is 0.182. The van der Waals surface area contributed by atoms with Crippen molar-refractivity contribution in [2.75, 3.05) is 0 Å². The summed E-state index contributed by atoms with van der Waals surface area (Å²) < 4.78 is 10.8. The van der Waals surface area contributed by atoms with Crippen molar-refractivity contribution in [2.24, 2.45) is 11.8 Å². The molecule has 1 heterocycles. The monoisotopic (exact) mass is 359 g/mol. The number of hydrogen-bond donors (Lipinski definition) is 0. The lowest BCUT2D eigenvalue weighted by molar-refractivity contribution is -0.151. The van der Waals surface area contributed by atoms with Gasteiger partial charge in [0.1, 0.15) is 12.2 Å². The van der Waals surface area contributed by atoms with E-state index in [-0.39, 0.29) is 42.8 Å². The molecule has 140 valence electrons. The Balaban J connectivity index is 1.62. The summed E-state index contributed by atoms with van der Waals surface area (Å²) in [7, 11) is 0. The lowest BCUT2D eigenvalue weighted by Gasteiger charge is -2.27. The van der Waals surface area contributed by atoms with E-state index in [1.54, 1.807) is 20.8 Å². The average Bonchev–Trinajstić information content (AvgIpc) is 3.09. The Labute approximate surface area is 153 Å². The second-order valence-corrected chi connectivity index (χ2v) is 7.96. The van der Waals surface area contributed by atoms with Crippen molar-refractivity contribution in [2.45, 2.75) is 58.3 Å². The van der Waals surface area contributed by atoms with Crippen LogP contribution in [0.4, 0.5) is 4.79 Å². The summed E-state index contributed by atoms with van der Waals surface area (Å²) in [5.41, 5.74) is 0.260. The Bertz CT molecular complexity index is 694. The SMILES string of the molecule is CC(C)(C)OC(=O)N1C(=O)C[C@H]2C(C(=O)OCc3ccccc3)CC[C@@H]21. The van der Waals surface area contributed by atoms with Crippen LogP contribution in [-0.4, -0.2) is 34.5 Å². The third-order valence-electron chi connectivity index (χ3n) is 4.91. The van der Waals surface area contributed by atoms with Crippen LogP contribution in [0.3, 0.4) is 0 Å². The van der Waals surface area contributed by atoms with Crippen molar-refractivity contribution in [1.82, 2.24) is 4.90 Å². The van der Waals surface area contributed by atoms with Crippen LogP contribution in [0.2, 0.25) is 0 Å². The van der Waals surface area contributed by atoms with E-state index < -0.39 is 11.7 Å². The molecule has 6 nitrogen and oxygen atoms in total. The third kappa shape index (κ3) is 3.89. The zero-order chi connectivity index (χ0) is 18.9. The molecule has 1 aliphatic carbocycles. The summed E-state index contributed by atoms with van der Waals surface area (Å²) in [5.74, 6) is -1.09. The van der Waals surface area contributed by atoms with Gasteiger partial charge in [-0.15, -0.1) is 0 Å². The van der Waals surface area contributed by atoms with Gasteiger partial charge >= 0.3 is 12.1 Å². The fourth-order valence-corrected chi connectivity index (χ4v) is 3.81. The highest BCUT2D eigenvalue weighted by Gasteiger charge is 2.53. The second-order valence-electron chi connectivity index (χ2n) is 7.96. The van der Waals surface area contributed by atoms with Gasteiger partial charge in [-0.25, -0.2) is 9.69 Å². The van der Waals surface area contributed by atoms with E-state index in [4.69, 9.17) is 9.47 Å². The number of amides is 2. The quantitative estimate of drug-likeness (QED) is 0.774. The van der Waals surface area contributed by atoms with Gasteiger partial charge in [0, 0.05) is 18.4 Å². The van der Waals surface area contributed by atoms with Gasteiger partial charge in [-0.2, -0.15) is 0 Å². The smallest absolute Gasteiger partial charge is 0.417 e. The van der Waals surface area contributed by atoms with Gasteiger partial charge < -0.3 is 9.47 Å². The molecule has 3 atom stereocenters. The molecule has 2 aliphatic rings. The summed E-state index contributed by atoms with van der Waals surface area (Å²) in [4.78, 5) is 38.4. The lowest BCUT2D eigenvalue weighted by Crippen LogP contribution is -2.42. The van der Waals surface area contributed by atoms with Crippen LogP contribution in [0.1, 0.15) is 45.6 Å². The minimum atomic E-state index is -0.665. The molecule has 2 fully saturated rings. The number of carbonyl (C=O) groups is 3. The van der Waals surface area contributed by atoms with E-state index in [2.05, 4.69) is 0 Å². The highest BCUT2D eigenvalue weighted by atomic mass is 16.6. The first-order valence-corrected chi connectivity index (χ1v) is 9.02. The first-order valence-electron chi connectivity index (χ1n) is 9.02. The molecule has 3 rings (SSSR count). The summed E-state index contributed by atoms with van der Waals surface area (Å²) in [6.45, 7) is 5.52. The minimum Gasteiger partial charge on any atom is -0.461 e. The van der Waals surface area contributed by atoms with Crippen LogP contribution in [0, 0.1) is 11.8 Å². The van der Waals surface area contributed by atoms with Gasteiger partial charge in [-0.1, -0.05) is 30.3 Å². The van der Waals surface area contributed by atoms with Gasteiger partial charge in [-0.05, 0) is 39.2 Å². The Morgan fingerprint density at radius 2 is 1.85 bits per heavy atom. The summed E-state index contributed by atoms with van der Waals surface area (Å²) in [6, 6.07) is 9.21. The van der Waals surface area contributed by atoms with Crippen LogP contribution < -0.4 is 0 Å². The molecule has 1 unspecified atom stereocenters. The van der Waals surface area contributed by atoms with Crippen LogP contribution in [-0.2, 0) is 25.7 Å².